The lowest BCUT2D eigenvalue weighted by Crippen LogP contribution is -2.03. The highest BCUT2D eigenvalue weighted by molar-refractivity contribution is 6.31. The Balaban J connectivity index is 2.27. The minimum Gasteiger partial charge on any atom is -0.464 e. The van der Waals surface area contributed by atoms with Gasteiger partial charge >= 0.3 is 0 Å². The van der Waals surface area contributed by atoms with E-state index in [1.807, 2.05) is 6.07 Å². The first kappa shape index (κ1) is 11.4. The zero-order valence-electron chi connectivity index (χ0n) is 9.20. The van der Waals surface area contributed by atoms with Gasteiger partial charge in [0, 0.05) is 18.9 Å². The topological polar surface area (TPSA) is 31.4 Å². The average Bonchev–Trinajstić information content (AvgIpc) is 3.10. The molecular weight excluding hydrogens is 226 g/mol. The van der Waals surface area contributed by atoms with Crippen molar-refractivity contribution in [2.24, 2.45) is 5.92 Å². The molecule has 86 valence electrons. The maximum absolute atomic E-state index is 6.00. The van der Waals surface area contributed by atoms with Crippen LogP contribution in [0.5, 0.6) is 5.75 Å². The summed E-state index contributed by atoms with van der Waals surface area (Å²) in [6.07, 6.45) is 4.07. The molecule has 1 fully saturated rings. The van der Waals surface area contributed by atoms with Crippen LogP contribution in [0.3, 0.4) is 0 Å². The summed E-state index contributed by atoms with van der Waals surface area (Å²) in [6, 6.07) is 1.89. The quantitative estimate of drug-likeness (QED) is 0.584. The predicted molar refractivity (Wildman–Crippen MR) is 63.5 cm³/mol. The molecule has 0 bridgehead atoms. The molecule has 0 spiro atoms. The predicted octanol–water partition coefficient (Wildman–Crippen LogP) is 3.14. The molecule has 0 atom stereocenters. The zero-order valence-corrected chi connectivity index (χ0v) is 9.96. The number of ether oxygens (including phenoxy) is 2. The van der Waals surface area contributed by atoms with Crippen molar-refractivity contribution in [2.75, 3.05) is 13.9 Å². The van der Waals surface area contributed by atoms with Crippen molar-refractivity contribution in [2.45, 2.75) is 12.8 Å². The molecule has 0 saturated heterocycles. The first-order chi connectivity index (χ1) is 7.74. The highest BCUT2D eigenvalue weighted by atomic mass is 35.5. The van der Waals surface area contributed by atoms with E-state index < -0.39 is 0 Å². The van der Waals surface area contributed by atoms with Crippen molar-refractivity contribution in [1.82, 2.24) is 4.98 Å². The van der Waals surface area contributed by atoms with E-state index in [0.29, 0.717) is 16.8 Å². The fourth-order valence-corrected chi connectivity index (χ4v) is 1.80. The van der Waals surface area contributed by atoms with Crippen LogP contribution in [0.25, 0.3) is 5.57 Å². The zero-order chi connectivity index (χ0) is 11.5. The average molecular weight is 240 g/mol. The molecule has 1 aromatic rings. The van der Waals surface area contributed by atoms with Gasteiger partial charge in [0.2, 0.25) is 0 Å². The van der Waals surface area contributed by atoms with E-state index in [9.17, 15) is 0 Å². The van der Waals surface area contributed by atoms with Crippen molar-refractivity contribution < 1.29 is 9.47 Å². The highest BCUT2D eigenvalue weighted by Crippen LogP contribution is 2.44. The summed E-state index contributed by atoms with van der Waals surface area (Å²) >= 11 is 6.00. The van der Waals surface area contributed by atoms with Gasteiger partial charge in [0.05, 0.1) is 0 Å². The summed E-state index contributed by atoms with van der Waals surface area (Å²) in [7, 11) is 1.57. The van der Waals surface area contributed by atoms with Crippen LogP contribution >= 0.6 is 11.6 Å². The van der Waals surface area contributed by atoms with Crippen molar-refractivity contribution in [1.29, 1.82) is 0 Å². The minimum atomic E-state index is 0.163. The van der Waals surface area contributed by atoms with Gasteiger partial charge in [-0.25, -0.2) is 4.98 Å². The van der Waals surface area contributed by atoms with Crippen LogP contribution in [0.15, 0.2) is 18.8 Å². The van der Waals surface area contributed by atoms with Crippen LogP contribution in [0.1, 0.15) is 18.4 Å². The van der Waals surface area contributed by atoms with Crippen LogP contribution < -0.4 is 4.74 Å². The van der Waals surface area contributed by atoms with Crippen LogP contribution in [-0.4, -0.2) is 18.9 Å². The van der Waals surface area contributed by atoms with Gasteiger partial charge in [0.15, 0.2) is 17.7 Å². The molecule has 1 aliphatic carbocycles. The van der Waals surface area contributed by atoms with E-state index >= 15 is 0 Å². The third-order valence-corrected chi connectivity index (χ3v) is 2.87. The first-order valence-corrected chi connectivity index (χ1v) is 5.57. The number of aromatic nitrogens is 1. The summed E-state index contributed by atoms with van der Waals surface area (Å²) in [5.74, 6) is 1.14. The minimum absolute atomic E-state index is 0.163. The maximum atomic E-state index is 6.00. The van der Waals surface area contributed by atoms with Crippen molar-refractivity contribution in [3.05, 3.63) is 29.6 Å². The van der Waals surface area contributed by atoms with E-state index in [0.717, 1.165) is 11.1 Å². The monoisotopic (exact) mass is 239 g/mol. The van der Waals surface area contributed by atoms with Gasteiger partial charge in [-0.2, -0.15) is 0 Å². The third-order valence-electron chi connectivity index (χ3n) is 2.60. The molecular formula is C12H14ClNO2. The Labute approximate surface area is 100 Å². The molecule has 0 aliphatic heterocycles. The second-order valence-electron chi connectivity index (χ2n) is 3.83. The molecule has 0 aromatic carbocycles. The number of halogens is 1. The number of nitrogens with zero attached hydrogens (tertiary/aromatic N) is 1. The number of rotatable bonds is 5. The molecule has 1 heterocycles. The van der Waals surface area contributed by atoms with Crippen molar-refractivity contribution >= 4 is 17.2 Å². The molecule has 1 aliphatic rings. The lowest BCUT2D eigenvalue weighted by atomic mass is 10.0. The van der Waals surface area contributed by atoms with E-state index in [2.05, 4.69) is 11.6 Å². The molecule has 0 N–H and O–H groups in total. The molecule has 1 saturated carbocycles. The lowest BCUT2D eigenvalue weighted by molar-refractivity contribution is 0.0507. The van der Waals surface area contributed by atoms with Crippen molar-refractivity contribution in [3.63, 3.8) is 0 Å². The van der Waals surface area contributed by atoms with E-state index in [-0.39, 0.29) is 6.79 Å². The molecule has 0 unspecified atom stereocenters. The normalized spacial score (nSPS) is 14.9. The largest absolute Gasteiger partial charge is 0.464 e. The molecule has 0 radical (unpaired) electrons. The molecule has 0 amide bonds. The van der Waals surface area contributed by atoms with Gasteiger partial charge in [-0.1, -0.05) is 18.2 Å². The Bertz CT molecular complexity index is 402. The van der Waals surface area contributed by atoms with Gasteiger partial charge in [-0.05, 0) is 30.4 Å². The Kier molecular flexibility index (Phi) is 3.46. The Morgan fingerprint density at radius 2 is 2.38 bits per heavy atom. The van der Waals surface area contributed by atoms with E-state index in [1.165, 1.54) is 12.8 Å². The van der Waals surface area contributed by atoms with Gasteiger partial charge in [-0.3, -0.25) is 0 Å². The summed E-state index contributed by atoms with van der Waals surface area (Å²) < 4.78 is 10.3. The Morgan fingerprint density at radius 3 is 3.00 bits per heavy atom. The van der Waals surface area contributed by atoms with Gasteiger partial charge in [0.25, 0.3) is 0 Å². The van der Waals surface area contributed by atoms with E-state index in [1.54, 1.807) is 13.3 Å². The second kappa shape index (κ2) is 4.85. The smallest absolute Gasteiger partial charge is 0.188 e. The Hall–Kier alpha value is -1.06. The fraction of sp³-hybridized carbons (Fsp3) is 0.417. The Morgan fingerprint density at radius 1 is 1.62 bits per heavy atom. The lowest BCUT2D eigenvalue weighted by Gasteiger charge is -2.13. The molecule has 2 rings (SSSR count). The molecule has 4 heteroatoms. The van der Waals surface area contributed by atoms with E-state index in [4.69, 9.17) is 21.1 Å². The van der Waals surface area contributed by atoms with Crippen LogP contribution in [0.2, 0.25) is 5.15 Å². The van der Waals surface area contributed by atoms with Gasteiger partial charge < -0.3 is 9.47 Å². The molecule has 1 aromatic heterocycles. The number of allylic oxidation sites excluding steroid dienone is 1. The number of hydrogen-bond donors (Lipinski definition) is 0. The summed E-state index contributed by atoms with van der Waals surface area (Å²) in [6.45, 7) is 4.25. The highest BCUT2D eigenvalue weighted by Gasteiger charge is 2.27. The fourth-order valence-electron chi connectivity index (χ4n) is 1.58. The van der Waals surface area contributed by atoms with Gasteiger partial charge in [0.1, 0.15) is 0 Å². The summed E-state index contributed by atoms with van der Waals surface area (Å²) in [5, 5.41) is 0.358. The van der Waals surface area contributed by atoms with Crippen molar-refractivity contribution in [3.8, 4) is 5.75 Å². The molecule has 3 nitrogen and oxygen atoms in total. The van der Waals surface area contributed by atoms with Crippen LogP contribution in [0, 0.1) is 5.92 Å². The van der Waals surface area contributed by atoms with Gasteiger partial charge in [-0.15, -0.1) is 0 Å². The SMILES string of the molecule is C=C(c1ccnc(Cl)c1OCOC)C1CC1. The third kappa shape index (κ3) is 2.36. The molecule has 16 heavy (non-hydrogen) atoms. The first-order valence-electron chi connectivity index (χ1n) is 5.19. The number of pyridine rings is 1. The van der Waals surface area contributed by atoms with Crippen LogP contribution in [0.4, 0.5) is 0 Å². The number of hydrogen-bond acceptors (Lipinski definition) is 3. The summed E-state index contributed by atoms with van der Waals surface area (Å²) in [4.78, 5) is 4.00. The maximum Gasteiger partial charge on any atom is 0.188 e. The standard InChI is InChI=1S/C12H14ClNO2/c1-8(9-3-4-9)10-5-6-14-12(13)11(10)16-7-15-2/h5-6,9H,1,3-4,7H2,2H3. The summed E-state index contributed by atoms with van der Waals surface area (Å²) in [5.41, 5.74) is 2.02. The number of methoxy groups -OCH3 is 1. The second-order valence-corrected chi connectivity index (χ2v) is 4.19. The van der Waals surface area contributed by atoms with Crippen LogP contribution in [-0.2, 0) is 4.74 Å².